The van der Waals surface area contributed by atoms with E-state index >= 15 is 0 Å². The van der Waals surface area contributed by atoms with Crippen LogP contribution in [0.15, 0.2) is 24.3 Å². The van der Waals surface area contributed by atoms with E-state index in [0.29, 0.717) is 10.7 Å². The van der Waals surface area contributed by atoms with E-state index in [9.17, 15) is 4.79 Å². The number of nitrogens with two attached hydrogens (primary N) is 1. The fraction of sp³-hybridized carbons (Fsp3) is 0.357. The molecule has 1 aliphatic rings. The number of hydrogen-bond acceptors (Lipinski definition) is 2. The molecular formula is C14H17Cl2N3O. The smallest absolute Gasteiger partial charge is 0.268 e. The van der Waals surface area contributed by atoms with Crippen LogP contribution in [0.3, 0.4) is 0 Å². The predicted molar refractivity (Wildman–Crippen MR) is 83.6 cm³/mol. The highest BCUT2D eigenvalue weighted by Crippen LogP contribution is 2.21. The van der Waals surface area contributed by atoms with Crippen molar-refractivity contribution in [3.63, 3.8) is 0 Å². The fourth-order valence-electron chi connectivity index (χ4n) is 2.64. The number of rotatable bonds is 2. The van der Waals surface area contributed by atoms with Gasteiger partial charge in [0, 0.05) is 28.0 Å². The normalized spacial score (nSPS) is 21.7. The zero-order chi connectivity index (χ0) is 13.4. The Morgan fingerprint density at radius 2 is 2.15 bits per heavy atom. The summed E-state index contributed by atoms with van der Waals surface area (Å²) < 4.78 is 0. The second-order valence-corrected chi connectivity index (χ2v) is 5.53. The van der Waals surface area contributed by atoms with Crippen LogP contribution in [0, 0.1) is 0 Å². The van der Waals surface area contributed by atoms with Gasteiger partial charge in [-0.05, 0) is 43.5 Å². The molecule has 20 heavy (non-hydrogen) atoms. The highest BCUT2D eigenvalue weighted by molar-refractivity contribution is 6.31. The number of nitrogens with one attached hydrogen (secondary N) is 2. The van der Waals surface area contributed by atoms with Crippen molar-refractivity contribution in [1.29, 1.82) is 0 Å². The zero-order valence-corrected chi connectivity index (χ0v) is 12.4. The first-order valence-electron chi connectivity index (χ1n) is 6.48. The number of amides is 1. The number of aromatic nitrogens is 1. The maximum Gasteiger partial charge on any atom is 0.268 e. The fourth-order valence-corrected chi connectivity index (χ4v) is 2.82. The van der Waals surface area contributed by atoms with Crippen molar-refractivity contribution in [1.82, 2.24) is 10.3 Å². The molecule has 1 fully saturated rings. The number of aromatic amines is 1. The Morgan fingerprint density at radius 3 is 2.85 bits per heavy atom. The van der Waals surface area contributed by atoms with Gasteiger partial charge in [0.2, 0.25) is 0 Å². The molecule has 4 N–H and O–H groups in total. The lowest BCUT2D eigenvalue weighted by Crippen LogP contribution is -2.44. The predicted octanol–water partition coefficient (Wildman–Crippen LogP) is 2.85. The lowest BCUT2D eigenvalue weighted by Gasteiger charge is -2.16. The number of hydrogen-bond donors (Lipinski definition) is 3. The number of halogens is 2. The number of carbonyl (C=O) groups excluding carboxylic acids is 1. The lowest BCUT2D eigenvalue weighted by molar-refractivity contribution is 0.0930. The summed E-state index contributed by atoms with van der Waals surface area (Å²) in [6, 6.07) is 7.48. The number of fused-ring (bicyclic) bond motifs is 1. The molecule has 0 aliphatic heterocycles. The van der Waals surface area contributed by atoms with Crippen LogP contribution in [-0.2, 0) is 0 Å². The molecule has 0 unspecified atom stereocenters. The molecule has 1 aliphatic carbocycles. The molecule has 0 radical (unpaired) electrons. The molecule has 0 spiro atoms. The third kappa shape index (κ3) is 2.92. The minimum absolute atomic E-state index is 0. The van der Waals surface area contributed by atoms with Crippen molar-refractivity contribution in [2.24, 2.45) is 5.73 Å². The third-order valence-electron chi connectivity index (χ3n) is 3.71. The van der Waals surface area contributed by atoms with E-state index in [0.717, 1.165) is 30.2 Å². The van der Waals surface area contributed by atoms with Crippen LogP contribution in [0.2, 0.25) is 5.02 Å². The molecule has 2 atom stereocenters. The summed E-state index contributed by atoms with van der Waals surface area (Å²) in [7, 11) is 0. The third-order valence-corrected chi connectivity index (χ3v) is 3.95. The summed E-state index contributed by atoms with van der Waals surface area (Å²) in [6.07, 6.45) is 3.01. The van der Waals surface area contributed by atoms with Crippen LogP contribution < -0.4 is 11.1 Å². The standard InChI is InChI=1S/C14H16ClN3O.ClH/c15-9-4-5-11-8(6-9)7-13(17-11)14(19)18-12-3-1-2-10(12)16;/h4-7,10,12,17H,1-3,16H2,(H,18,19);1H/t10-,12-;/m1./s1. The first-order chi connectivity index (χ1) is 9.13. The molecular weight excluding hydrogens is 297 g/mol. The highest BCUT2D eigenvalue weighted by Gasteiger charge is 2.26. The van der Waals surface area contributed by atoms with Crippen molar-refractivity contribution in [2.45, 2.75) is 31.3 Å². The Bertz CT molecular complexity index is 626. The summed E-state index contributed by atoms with van der Waals surface area (Å²) in [5, 5.41) is 4.59. The molecule has 3 rings (SSSR count). The van der Waals surface area contributed by atoms with Gasteiger partial charge in [-0.3, -0.25) is 4.79 Å². The zero-order valence-electron chi connectivity index (χ0n) is 10.9. The Kier molecular flexibility index (Phi) is 4.58. The van der Waals surface area contributed by atoms with Gasteiger partial charge < -0.3 is 16.0 Å². The largest absolute Gasteiger partial charge is 0.351 e. The topological polar surface area (TPSA) is 70.9 Å². The van der Waals surface area contributed by atoms with E-state index in [1.165, 1.54) is 0 Å². The summed E-state index contributed by atoms with van der Waals surface area (Å²) in [4.78, 5) is 15.3. The highest BCUT2D eigenvalue weighted by atomic mass is 35.5. The molecule has 1 amide bonds. The average Bonchev–Trinajstić information content (AvgIpc) is 2.96. The lowest BCUT2D eigenvalue weighted by atomic mass is 10.2. The van der Waals surface area contributed by atoms with Gasteiger partial charge in [0.25, 0.3) is 5.91 Å². The second kappa shape index (κ2) is 6.04. The number of carbonyl (C=O) groups is 1. The average molecular weight is 314 g/mol. The van der Waals surface area contributed by atoms with E-state index in [1.807, 2.05) is 18.2 Å². The summed E-state index contributed by atoms with van der Waals surface area (Å²) in [5.74, 6) is -0.102. The number of benzene rings is 1. The summed E-state index contributed by atoms with van der Waals surface area (Å²) >= 11 is 5.93. The quantitative estimate of drug-likeness (QED) is 0.797. The van der Waals surface area contributed by atoms with Gasteiger partial charge in [0.1, 0.15) is 5.69 Å². The van der Waals surface area contributed by atoms with E-state index in [-0.39, 0.29) is 30.4 Å². The molecule has 1 heterocycles. The van der Waals surface area contributed by atoms with Crippen molar-refractivity contribution < 1.29 is 4.79 Å². The van der Waals surface area contributed by atoms with Gasteiger partial charge >= 0.3 is 0 Å². The summed E-state index contributed by atoms with van der Waals surface area (Å²) in [6.45, 7) is 0. The van der Waals surface area contributed by atoms with Crippen molar-refractivity contribution in [3.8, 4) is 0 Å². The van der Waals surface area contributed by atoms with E-state index in [1.54, 1.807) is 6.07 Å². The Balaban J connectivity index is 0.00000147. The molecule has 0 saturated heterocycles. The van der Waals surface area contributed by atoms with E-state index < -0.39 is 0 Å². The SMILES string of the molecule is Cl.N[C@@H]1CCC[C@H]1NC(=O)c1cc2cc(Cl)ccc2[nH]1. The molecule has 0 bridgehead atoms. The van der Waals surface area contributed by atoms with Gasteiger partial charge in [-0.1, -0.05) is 11.6 Å². The van der Waals surface area contributed by atoms with Crippen molar-refractivity contribution in [3.05, 3.63) is 35.0 Å². The maximum absolute atomic E-state index is 12.2. The summed E-state index contributed by atoms with van der Waals surface area (Å²) in [5.41, 5.74) is 7.42. The molecule has 1 aromatic heterocycles. The van der Waals surface area contributed by atoms with Crippen LogP contribution in [0.25, 0.3) is 10.9 Å². The number of H-pyrrole nitrogens is 1. The van der Waals surface area contributed by atoms with E-state index in [4.69, 9.17) is 17.3 Å². The van der Waals surface area contributed by atoms with Crippen molar-refractivity contribution >= 4 is 40.8 Å². The van der Waals surface area contributed by atoms with Crippen LogP contribution in [0.5, 0.6) is 0 Å². The maximum atomic E-state index is 12.2. The van der Waals surface area contributed by atoms with Crippen LogP contribution in [0.1, 0.15) is 29.8 Å². The molecule has 108 valence electrons. The molecule has 1 saturated carbocycles. The van der Waals surface area contributed by atoms with E-state index in [2.05, 4.69) is 10.3 Å². The first-order valence-corrected chi connectivity index (χ1v) is 6.86. The Hall–Kier alpha value is -1.23. The Labute approximate surface area is 128 Å². The monoisotopic (exact) mass is 313 g/mol. The molecule has 6 heteroatoms. The van der Waals surface area contributed by atoms with Crippen LogP contribution in [0.4, 0.5) is 0 Å². The van der Waals surface area contributed by atoms with Gasteiger partial charge in [0.05, 0.1) is 0 Å². The van der Waals surface area contributed by atoms with Gasteiger partial charge in [0.15, 0.2) is 0 Å². The molecule has 4 nitrogen and oxygen atoms in total. The Morgan fingerprint density at radius 1 is 1.35 bits per heavy atom. The van der Waals surface area contributed by atoms with Gasteiger partial charge in [-0.2, -0.15) is 0 Å². The van der Waals surface area contributed by atoms with Crippen molar-refractivity contribution in [2.75, 3.05) is 0 Å². The minimum atomic E-state index is -0.102. The molecule has 1 aromatic carbocycles. The van der Waals surface area contributed by atoms with Crippen LogP contribution in [-0.4, -0.2) is 23.0 Å². The van der Waals surface area contributed by atoms with Gasteiger partial charge in [-0.25, -0.2) is 0 Å². The second-order valence-electron chi connectivity index (χ2n) is 5.09. The van der Waals surface area contributed by atoms with Crippen LogP contribution >= 0.6 is 24.0 Å². The minimum Gasteiger partial charge on any atom is -0.351 e. The van der Waals surface area contributed by atoms with Gasteiger partial charge in [-0.15, -0.1) is 12.4 Å². The first kappa shape index (κ1) is 15.2. The molecule has 2 aromatic rings.